The Hall–Kier alpha value is -2.95. The number of rotatable bonds is 4. The number of carbonyl (C=O) groups excluding carboxylic acids is 1. The van der Waals surface area contributed by atoms with Crippen molar-refractivity contribution in [3.63, 3.8) is 0 Å². The van der Waals surface area contributed by atoms with E-state index in [0.29, 0.717) is 16.2 Å². The lowest BCUT2D eigenvalue weighted by Crippen LogP contribution is -2.33. The molecule has 3 rings (SSSR count). The largest absolute Gasteiger partial charge is 0.506 e. The molecule has 0 saturated heterocycles. The van der Waals surface area contributed by atoms with Crippen LogP contribution in [0.4, 0.5) is 11.4 Å². The van der Waals surface area contributed by atoms with Crippen molar-refractivity contribution in [1.82, 2.24) is 5.32 Å². The van der Waals surface area contributed by atoms with Crippen LogP contribution in [0.25, 0.3) is 10.1 Å². The summed E-state index contributed by atoms with van der Waals surface area (Å²) in [6, 6.07) is 8.73. The van der Waals surface area contributed by atoms with Crippen molar-refractivity contribution in [3.05, 3.63) is 56.4 Å². The highest BCUT2D eigenvalue weighted by atomic mass is 35.5. The quantitative estimate of drug-likeness (QED) is 0.241. The van der Waals surface area contributed by atoms with Crippen LogP contribution >= 0.6 is 35.2 Å². The summed E-state index contributed by atoms with van der Waals surface area (Å²) in [6.45, 7) is 0. The van der Waals surface area contributed by atoms with Gasteiger partial charge in [0.15, 0.2) is 5.11 Å². The number of amides is 1. The molecule has 0 spiro atoms. The zero-order chi connectivity index (χ0) is 20.4. The molecule has 1 heterocycles. The number of hydrogen-bond acceptors (Lipinski definition) is 7. The van der Waals surface area contributed by atoms with Crippen molar-refractivity contribution < 1.29 is 19.6 Å². The van der Waals surface area contributed by atoms with E-state index in [-0.39, 0.29) is 27.1 Å². The summed E-state index contributed by atoms with van der Waals surface area (Å²) in [4.78, 5) is 22.9. The molecule has 3 N–H and O–H groups in total. The van der Waals surface area contributed by atoms with Gasteiger partial charge in [0.05, 0.1) is 28.8 Å². The minimum atomic E-state index is -0.637. The number of nitrogens with one attached hydrogen (secondary N) is 2. The molecule has 0 saturated carbocycles. The topological polar surface area (TPSA) is 114 Å². The number of thiophene rings is 1. The fraction of sp³-hybridized carbons (Fsp3) is 0.0588. The molecule has 0 aliphatic rings. The maximum absolute atomic E-state index is 12.5. The lowest BCUT2D eigenvalue weighted by atomic mass is 10.2. The molecule has 0 radical (unpaired) electrons. The molecule has 28 heavy (non-hydrogen) atoms. The first-order chi connectivity index (χ1) is 13.3. The third-order valence-corrected chi connectivity index (χ3v) is 5.57. The summed E-state index contributed by atoms with van der Waals surface area (Å²) in [6.07, 6.45) is 0. The highest BCUT2D eigenvalue weighted by Crippen LogP contribution is 2.37. The first-order valence-electron chi connectivity index (χ1n) is 7.66. The number of thiocarbonyl (C=S) groups is 1. The molecule has 0 bridgehead atoms. The maximum atomic E-state index is 12.5. The van der Waals surface area contributed by atoms with Crippen molar-refractivity contribution in [2.45, 2.75) is 0 Å². The smallest absolute Gasteiger partial charge is 0.273 e. The highest BCUT2D eigenvalue weighted by molar-refractivity contribution is 7.80. The number of carbonyl (C=O) groups is 1. The van der Waals surface area contributed by atoms with Gasteiger partial charge in [0.25, 0.3) is 11.6 Å². The molecule has 1 aromatic heterocycles. The van der Waals surface area contributed by atoms with Crippen LogP contribution in [-0.2, 0) is 0 Å². The van der Waals surface area contributed by atoms with E-state index in [1.807, 2.05) is 0 Å². The SMILES string of the molecule is COc1ccc2c(Cl)c(C(=O)NC(=S)Nc3ccc([N+](=O)[O-])cc3O)sc2c1. The number of phenols is 1. The first kappa shape index (κ1) is 19.8. The predicted octanol–water partition coefficient (Wildman–Crippen LogP) is 4.30. The van der Waals surface area contributed by atoms with Crippen LogP contribution in [0.1, 0.15) is 9.67 Å². The summed E-state index contributed by atoms with van der Waals surface area (Å²) in [5.41, 5.74) is -0.159. The van der Waals surface area contributed by atoms with Crippen LogP contribution < -0.4 is 15.4 Å². The number of nitrogens with zero attached hydrogens (tertiary/aromatic N) is 1. The molecule has 2 aromatic carbocycles. The van der Waals surface area contributed by atoms with Crippen LogP contribution in [-0.4, -0.2) is 28.2 Å². The minimum Gasteiger partial charge on any atom is -0.506 e. The number of phenolic OH excluding ortho intramolecular Hbond substituents is 1. The molecule has 1 amide bonds. The second kappa shape index (κ2) is 7.97. The third kappa shape index (κ3) is 3.98. The van der Waals surface area contributed by atoms with Crippen LogP contribution in [0.15, 0.2) is 36.4 Å². The van der Waals surface area contributed by atoms with E-state index in [0.717, 1.165) is 10.8 Å². The van der Waals surface area contributed by atoms with Gasteiger partial charge in [-0.15, -0.1) is 11.3 Å². The van der Waals surface area contributed by atoms with Crippen LogP contribution in [0.3, 0.4) is 0 Å². The highest BCUT2D eigenvalue weighted by Gasteiger charge is 2.19. The Kier molecular flexibility index (Phi) is 5.63. The number of nitro benzene ring substituents is 1. The average molecular weight is 438 g/mol. The lowest BCUT2D eigenvalue weighted by molar-refractivity contribution is -0.384. The number of halogens is 1. The Morgan fingerprint density at radius 3 is 2.71 bits per heavy atom. The lowest BCUT2D eigenvalue weighted by Gasteiger charge is -2.10. The molecule has 11 heteroatoms. The van der Waals surface area contributed by atoms with Crippen molar-refractivity contribution in [3.8, 4) is 11.5 Å². The zero-order valence-electron chi connectivity index (χ0n) is 14.2. The molecule has 0 aliphatic carbocycles. The van der Waals surface area contributed by atoms with E-state index in [4.69, 9.17) is 28.6 Å². The predicted molar refractivity (Wildman–Crippen MR) is 112 cm³/mol. The van der Waals surface area contributed by atoms with Crippen LogP contribution in [0, 0.1) is 10.1 Å². The van der Waals surface area contributed by atoms with Gasteiger partial charge in [-0.2, -0.15) is 0 Å². The fourth-order valence-corrected chi connectivity index (χ4v) is 4.01. The molecule has 144 valence electrons. The van der Waals surface area contributed by atoms with E-state index in [1.165, 1.54) is 23.5 Å². The number of non-ortho nitro benzene ring substituents is 1. The number of anilines is 1. The van der Waals surface area contributed by atoms with Gasteiger partial charge in [-0.25, -0.2) is 0 Å². The average Bonchev–Trinajstić information content (AvgIpc) is 2.99. The van der Waals surface area contributed by atoms with Gasteiger partial charge < -0.3 is 15.2 Å². The van der Waals surface area contributed by atoms with Crippen LogP contribution in [0.2, 0.25) is 5.02 Å². The van der Waals surface area contributed by atoms with E-state index in [1.54, 1.807) is 25.3 Å². The molecule has 0 atom stereocenters. The number of hydrogen-bond donors (Lipinski definition) is 3. The standard InChI is InChI=1S/C17H12ClN3O5S2/c1-26-9-3-4-10-13(7-9)28-15(14(10)18)16(23)20-17(27)19-11-5-2-8(21(24)25)6-12(11)22/h2-7,22H,1H3,(H2,19,20,23,27). The second-order valence-corrected chi connectivity index (χ2v) is 7.31. The summed E-state index contributed by atoms with van der Waals surface area (Å²) < 4.78 is 5.94. The third-order valence-electron chi connectivity index (χ3n) is 3.71. The molecule has 0 unspecified atom stereocenters. The summed E-state index contributed by atoms with van der Waals surface area (Å²) in [7, 11) is 1.54. The van der Waals surface area contributed by atoms with Crippen LogP contribution in [0.5, 0.6) is 11.5 Å². The Balaban J connectivity index is 1.76. The Labute approximate surface area is 172 Å². The van der Waals surface area contributed by atoms with Gasteiger partial charge in [0.2, 0.25) is 0 Å². The van der Waals surface area contributed by atoms with Crippen molar-refractivity contribution >= 4 is 67.6 Å². The number of fused-ring (bicyclic) bond motifs is 1. The molecule has 3 aromatic rings. The number of benzene rings is 2. The van der Waals surface area contributed by atoms with Crippen molar-refractivity contribution in [2.75, 3.05) is 12.4 Å². The Bertz CT molecular complexity index is 1120. The number of nitro groups is 1. The van der Waals surface area contributed by atoms with Gasteiger partial charge in [0.1, 0.15) is 16.4 Å². The fourth-order valence-electron chi connectivity index (χ4n) is 2.37. The Morgan fingerprint density at radius 1 is 1.32 bits per heavy atom. The van der Waals surface area contributed by atoms with E-state index in [2.05, 4.69) is 10.6 Å². The van der Waals surface area contributed by atoms with E-state index >= 15 is 0 Å². The molecule has 0 fully saturated rings. The van der Waals surface area contributed by atoms with Gasteiger partial charge >= 0.3 is 0 Å². The van der Waals surface area contributed by atoms with Gasteiger partial charge in [-0.3, -0.25) is 20.2 Å². The first-order valence-corrected chi connectivity index (χ1v) is 9.26. The molecular weight excluding hydrogens is 426 g/mol. The Morgan fingerprint density at radius 2 is 2.07 bits per heavy atom. The second-order valence-electron chi connectivity index (χ2n) is 5.47. The van der Waals surface area contributed by atoms with Gasteiger partial charge in [0, 0.05) is 16.2 Å². The van der Waals surface area contributed by atoms with Gasteiger partial charge in [-0.05, 0) is 36.5 Å². The molecular formula is C17H12ClN3O5S2. The maximum Gasteiger partial charge on any atom is 0.273 e. The van der Waals surface area contributed by atoms with Crippen molar-refractivity contribution in [1.29, 1.82) is 0 Å². The van der Waals surface area contributed by atoms with E-state index < -0.39 is 10.8 Å². The van der Waals surface area contributed by atoms with Crippen molar-refractivity contribution in [2.24, 2.45) is 0 Å². The summed E-state index contributed by atoms with van der Waals surface area (Å²) in [5, 5.41) is 26.6. The monoisotopic (exact) mass is 437 g/mol. The number of aromatic hydroxyl groups is 1. The number of methoxy groups -OCH3 is 1. The minimum absolute atomic E-state index is 0.0970. The summed E-state index contributed by atoms with van der Waals surface area (Å²) >= 11 is 12.6. The molecule has 0 aliphatic heterocycles. The van der Waals surface area contributed by atoms with Gasteiger partial charge in [-0.1, -0.05) is 11.6 Å². The summed E-state index contributed by atoms with van der Waals surface area (Å²) in [5.74, 6) is -0.259. The zero-order valence-corrected chi connectivity index (χ0v) is 16.6. The number of ether oxygens (including phenoxy) is 1. The normalized spacial score (nSPS) is 10.5. The van der Waals surface area contributed by atoms with E-state index in [9.17, 15) is 20.0 Å². The molecule has 8 nitrogen and oxygen atoms in total.